The van der Waals surface area contributed by atoms with Gasteiger partial charge in [0.1, 0.15) is 0 Å². The predicted molar refractivity (Wildman–Crippen MR) is 52.9 cm³/mol. The molecule has 1 unspecified atom stereocenters. The quantitative estimate of drug-likeness (QED) is 0.682. The second-order valence-corrected chi connectivity index (χ2v) is 7.48. The van der Waals surface area contributed by atoms with E-state index in [1.54, 1.807) is 0 Å². The summed E-state index contributed by atoms with van der Waals surface area (Å²) in [6, 6.07) is 10.1. The van der Waals surface area contributed by atoms with Gasteiger partial charge in [0.2, 0.25) is 8.32 Å². The molecule has 0 radical (unpaired) electrons. The molecule has 0 aromatic heterocycles. The molecule has 1 aromatic carbocycles. The molecular weight excluding hydrogens is 164 g/mol. The number of benzene rings is 1. The van der Waals surface area contributed by atoms with E-state index in [9.17, 15) is 4.80 Å². The van der Waals surface area contributed by atoms with Gasteiger partial charge in [0, 0.05) is 0 Å². The zero-order valence-corrected chi connectivity index (χ0v) is 8.33. The van der Waals surface area contributed by atoms with Crippen LogP contribution in [0.25, 0.3) is 0 Å². The molecular formula is C10H14OSi. The van der Waals surface area contributed by atoms with E-state index in [4.69, 9.17) is 0 Å². The van der Waals surface area contributed by atoms with E-state index in [1.165, 1.54) is 18.0 Å². The van der Waals surface area contributed by atoms with Crippen molar-refractivity contribution in [2.45, 2.75) is 24.9 Å². The van der Waals surface area contributed by atoms with Crippen LogP contribution in [-0.4, -0.2) is 13.1 Å². The summed E-state index contributed by atoms with van der Waals surface area (Å²) in [5.74, 6) is 0. The largest absolute Gasteiger partial charge is 0.427 e. The molecule has 0 heterocycles. The standard InChI is InChI=1S/C10H14OSi/c1-12(11,10-7-8-10)9-5-3-2-4-6-9/h2-6,10-11H,7-8H2,1H3. The van der Waals surface area contributed by atoms with Crippen LogP contribution < -0.4 is 5.19 Å². The zero-order valence-electron chi connectivity index (χ0n) is 7.33. The summed E-state index contributed by atoms with van der Waals surface area (Å²) in [6.45, 7) is 2.06. The van der Waals surface area contributed by atoms with Gasteiger partial charge in [0.25, 0.3) is 0 Å². The van der Waals surface area contributed by atoms with E-state index in [1.807, 2.05) is 18.2 Å². The maximum atomic E-state index is 10.3. The summed E-state index contributed by atoms with van der Waals surface area (Å²) in [5.41, 5.74) is 0.625. The van der Waals surface area contributed by atoms with Crippen molar-refractivity contribution in [3.8, 4) is 0 Å². The van der Waals surface area contributed by atoms with E-state index in [0.29, 0.717) is 5.54 Å². The van der Waals surface area contributed by atoms with Crippen LogP contribution in [0.5, 0.6) is 0 Å². The highest BCUT2D eigenvalue weighted by atomic mass is 28.4. The van der Waals surface area contributed by atoms with Crippen LogP contribution in [0.4, 0.5) is 0 Å². The Morgan fingerprint density at radius 3 is 2.33 bits per heavy atom. The molecule has 1 saturated carbocycles. The molecule has 2 heteroatoms. The molecule has 0 spiro atoms. The Labute approximate surface area is 74.2 Å². The molecule has 64 valence electrons. The van der Waals surface area contributed by atoms with E-state index in [-0.39, 0.29) is 0 Å². The predicted octanol–water partition coefficient (Wildman–Crippen LogP) is 1.63. The SMILES string of the molecule is C[Si](O)(c1ccccc1)C1CC1. The maximum Gasteiger partial charge on any atom is 0.220 e. The van der Waals surface area contributed by atoms with Crippen LogP contribution in [0.3, 0.4) is 0 Å². The van der Waals surface area contributed by atoms with Gasteiger partial charge in [-0.3, -0.25) is 0 Å². The average molecular weight is 178 g/mol. The molecule has 1 fully saturated rings. The van der Waals surface area contributed by atoms with E-state index in [2.05, 4.69) is 18.7 Å². The van der Waals surface area contributed by atoms with Crippen LogP contribution in [-0.2, 0) is 0 Å². The second-order valence-electron chi connectivity index (χ2n) is 3.79. The lowest BCUT2D eigenvalue weighted by Crippen LogP contribution is -2.45. The molecule has 1 aliphatic rings. The molecule has 0 bridgehead atoms. The lowest BCUT2D eigenvalue weighted by molar-refractivity contribution is 0.555. The molecule has 2 rings (SSSR count). The van der Waals surface area contributed by atoms with Crippen molar-refractivity contribution < 1.29 is 4.80 Å². The summed E-state index contributed by atoms with van der Waals surface area (Å²) in [4.78, 5) is 10.3. The molecule has 12 heavy (non-hydrogen) atoms. The highest BCUT2D eigenvalue weighted by Crippen LogP contribution is 2.43. The van der Waals surface area contributed by atoms with Crippen LogP contribution in [0.15, 0.2) is 30.3 Å². The van der Waals surface area contributed by atoms with Gasteiger partial charge in [0.05, 0.1) is 0 Å². The first kappa shape index (κ1) is 8.02. The summed E-state index contributed by atoms with van der Waals surface area (Å²) in [6.07, 6.45) is 2.46. The van der Waals surface area contributed by atoms with Crippen molar-refractivity contribution in [3.05, 3.63) is 30.3 Å². The zero-order chi connectivity index (χ0) is 8.60. The number of hydrogen-bond acceptors (Lipinski definition) is 1. The molecule has 1 nitrogen and oxygen atoms in total. The molecule has 0 saturated heterocycles. The first-order valence-electron chi connectivity index (χ1n) is 4.49. The van der Waals surface area contributed by atoms with Crippen molar-refractivity contribution in [3.63, 3.8) is 0 Å². The highest BCUT2D eigenvalue weighted by Gasteiger charge is 2.43. The fraction of sp³-hybridized carbons (Fsp3) is 0.400. The van der Waals surface area contributed by atoms with Gasteiger partial charge in [-0.25, -0.2) is 0 Å². The van der Waals surface area contributed by atoms with Crippen LogP contribution in [0.2, 0.25) is 12.1 Å². The van der Waals surface area contributed by atoms with Gasteiger partial charge < -0.3 is 4.80 Å². The van der Waals surface area contributed by atoms with E-state index < -0.39 is 8.32 Å². The van der Waals surface area contributed by atoms with Crippen LogP contribution >= 0.6 is 0 Å². The molecule has 1 N–H and O–H groups in total. The first-order valence-corrected chi connectivity index (χ1v) is 7.01. The van der Waals surface area contributed by atoms with Crippen molar-refractivity contribution in [2.75, 3.05) is 0 Å². The minimum atomic E-state index is -2.05. The van der Waals surface area contributed by atoms with Gasteiger partial charge in [0.15, 0.2) is 0 Å². The van der Waals surface area contributed by atoms with Gasteiger partial charge >= 0.3 is 0 Å². The second kappa shape index (κ2) is 2.71. The fourth-order valence-corrected chi connectivity index (χ4v) is 4.29. The van der Waals surface area contributed by atoms with Crippen molar-refractivity contribution in [1.29, 1.82) is 0 Å². The molecule has 0 amide bonds. The van der Waals surface area contributed by atoms with Crippen LogP contribution in [0.1, 0.15) is 12.8 Å². The summed E-state index contributed by atoms with van der Waals surface area (Å²) in [5, 5.41) is 1.19. The first-order chi connectivity index (χ1) is 5.71. The lowest BCUT2D eigenvalue weighted by Gasteiger charge is -2.19. The Morgan fingerprint density at radius 1 is 1.25 bits per heavy atom. The third-order valence-corrected chi connectivity index (χ3v) is 6.40. The topological polar surface area (TPSA) is 20.2 Å². The molecule has 0 aliphatic heterocycles. The normalized spacial score (nSPS) is 21.8. The van der Waals surface area contributed by atoms with Gasteiger partial charge in [-0.1, -0.05) is 43.2 Å². The Kier molecular flexibility index (Phi) is 1.81. The Hall–Kier alpha value is -0.603. The monoisotopic (exact) mass is 178 g/mol. The van der Waals surface area contributed by atoms with Gasteiger partial charge in [-0.2, -0.15) is 0 Å². The van der Waals surface area contributed by atoms with Crippen LogP contribution in [0, 0.1) is 0 Å². The summed E-state index contributed by atoms with van der Waals surface area (Å²) >= 11 is 0. The van der Waals surface area contributed by atoms with E-state index in [0.717, 1.165) is 0 Å². The number of rotatable bonds is 2. The Balaban J connectivity index is 2.28. The molecule has 1 aliphatic carbocycles. The van der Waals surface area contributed by atoms with Crippen molar-refractivity contribution in [2.24, 2.45) is 0 Å². The van der Waals surface area contributed by atoms with Gasteiger partial charge in [-0.15, -0.1) is 0 Å². The van der Waals surface area contributed by atoms with E-state index >= 15 is 0 Å². The maximum absolute atomic E-state index is 10.3. The average Bonchev–Trinajstić information content (AvgIpc) is 2.88. The third-order valence-electron chi connectivity index (χ3n) is 2.73. The molecule has 1 atom stereocenters. The minimum absolute atomic E-state index is 0.625. The highest BCUT2D eigenvalue weighted by molar-refractivity contribution is 6.86. The fourth-order valence-electron chi connectivity index (χ4n) is 1.66. The minimum Gasteiger partial charge on any atom is -0.427 e. The van der Waals surface area contributed by atoms with Crippen molar-refractivity contribution >= 4 is 13.5 Å². The Morgan fingerprint density at radius 2 is 1.83 bits per heavy atom. The summed E-state index contributed by atoms with van der Waals surface area (Å²) < 4.78 is 0. The Bertz CT molecular complexity index is 264. The molecule has 1 aromatic rings. The lowest BCUT2D eigenvalue weighted by atomic mass is 10.4. The number of hydrogen-bond donors (Lipinski definition) is 1. The smallest absolute Gasteiger partial charge is 0.220 e. The van der Waals surface area contributed by atoms with Gasteiger partial charge in [-0.05, 0) is 17.3 Å². The van der Waals surface area contributed by atoms with Crippen molar-refractivity contribution in [1.82, 2.24) is 0 Å². The third kappa shape index (κ3) is 1.32. The summed E-state index contributed by atoms with van der Waals surface area (Å²) in [7, 11) is -2.05.